The Morgan fingerprint density at radius 3 is 2.80 bits per heavy atom. The molecule has 0 bridgehead atoms. The standard InChI is InChI=1S/C24H30N8O3/c1-13-6-16-17(7-14(13)2)30-19(29-16)4-5-20(34)31-9-15(33)8-24(3,35)18(10-31)32-12-28-21-22(25)26-11-27-23(21)32/h6-7,11-12,15,18,33,35H,4-5,8-10H2,1-3H3,(H,29,30)(H2,25,26,27)/t15-,18+,24+/m0/s1. The maximum atomic E-state index is 13.3. The summed E-state index contributed by atoms with van der Waals surface area (Å²) in [7, 11) is 0. The number of hydrogen-bond donors (Lipinski definition) is 4. The Bertz CT molecular complexity index is 1370. The number of nitrogens with two attached hydrogens (primary N) is 1. The number of carbonyl (C=O) groups excluding carboxylic acids is 1. The van der Waals surface area contributed by atoms with Crippen molar-refractivity contribution in [3.05, 3.63) is 41.7 Å². The molecule has 11 nitrogen and oxygen atoms in total. The number of fused-ring (bicyclic) bond motifs is 2. The lowest BCUT2D eigenvalue weighted by Gasteiger charge is -2.34. The molecule has 4 heterocycles. The number of H-pyrrole nitrogens is 1. The summed E-state index contributed by atoms with van der Waals surface area (Å²) in [6.45, 7) is 6.08. The number of nitrogen functional groups attached to an aromatic ring is 1. The van der Waals surface area contributed by atoms with Crippen LogP contribution in [-0.2, 0) is 11.2 Å². The number of nitrogens with zero attached hydrogens (tertiary/aromatic N) is 6. The number of aryl methyl sites for hydroxylation is 3. The van der Waals surface area contributed by atoms with E-state index in [9.17, 15) is 15.0 Å². The van der Waals surface area contributed by atoms with E-state index in [0.29, 0.717) is 17.6 Å². The molecule has 1 aliphatic rings. The fraction of sp³-hybridized carbons (Fsp3) is 0.458. The second-order valence-electron chi connectivity index (χ2n) is 9.75. The largest absolute Gasteiger partial charge is 0.391 e. The van der Waals surface area contributed by atoms with Gasteiger partial charge in [-0.15, -0.1) is 0 Å². The molecule has 11 heteroatoms. The first-order chi connectivity index (χ1) is 16.6. The number of imidazole rings is 2. The molecular formula is C24H30N8O3. The van der Waals surface area contributed by atoms with Gasteiger partial charge in [0, 0.05) is 32.4 Å². The summed E-state index contributed by atoms with van der Waals surface area (Å²) in [5.41, 5.74) is 9.70. The molecule has 0 aliphatic carbocycles. The van der Waals surface area contributed by atoms with Crippen LogP contribution in [0.25, 0.3) is 22.2 Å². The number of aromatic nitrogens is 6. The summed E-state index contributed by atoms with van der Waals surface area (Å²) < 4.78 is 1.72. The van der Waals surface area contributed by atoms with Crippen LogP contribution in [0.2, 0.25) is 0 Å². The number of hydrogen-bond acceptors (Lipinski definition) is 8. The van der Waals surface area contributed by atoms with Crippen molar-refractivity contribution < 1.29 is 15.0 Å². The zero-order chi connectivity index (χ0) is 24.9. The van der Waals surface area contributed by atoms with Crippen LogP contribution in [-0.4, -0.2) is 75.3 Å². The van der Waals surface area contributed by atoms with Gasteiger partial charge in [0.25, 0.3) is 0 Å². The topological polar surface area (TPSA) is 159 Å². The molecular weight excluding hydrogens is 448 g/mol. The molecule has 1 amide bonds. The molecule has 3 atom stereocenters. The predicted octanol–water partition coefficient (Wildman–Crippen LogP) is 1.42. The van der Waals surface area contributed by atoms with Crippen molar-refractivity contribution in [3.8, 4) is 0 Å². The van der Waals surface area contributed by atoms with E-state index in [1.807, 2.05) is 13.0 Å². The molecule has 3 aromatic heterocycles. The van der Waals surface area contributed by atoms with Crippen LogP contribution in [0.1, 0.15) is 42.8 Å². The van der Waals surface area contributed by atoms with E-state index >= 15 is 0 Å². The lowest BCUT2D eigenvalue weighted by atomic mass is 9.91. The molecule has 0 spiro atoms. The van der Waals surface area contributed by atoms with E-state index in [1.54, 1.807) is 22.7 Å². The Labute approximate surface area is 202 Å². The minimum Gasteiger partial charge on any atom is -0.391 e. The predicted molar refractivity (Wildman–Crippen MR) is 130 cm³/mol. The number of aromatic amines is 1. The average molecular weight is 479 g/mol. The molecule has 4 aromatic rings. The Hall–Kier alpha value is -3.57. The molecule has 5 rings (SSSR count). The summed E-state index contributed by atoms with van der Waals surface area (Å²) in [4.78, 5) is 35.4. The molecule has 184 valence electrons. The third-order valence-corrected chi connectivity index (χ3v) is 6.99. The van der Waals surface area contributed by atoms with Gasteiger partial charge in [-0.1, -0.05) is 0 Å². The maximum Gasteiger partial charge on any atom is 0.223 e. The van der Waals surface area contributed by atoms with Crippen LogP contribution in [0.5, 0.6) is 0 Å². The van der Waals surface area contributed by atoms with Crippen molar-refractivity contribution in [2.45, 2.75) is 57.8 Å². The van der Waals surface area contributed by atoms with Crippen molar-refractivity contribution >= 4 is 33.9 Å². The monoisotopic (exact) mass is 478 g/mol. The van der Waals surface area contributed by atoms with Gasteiger partial charge in [0.15, 0.2) is 11.5 Å². The Kier molecular flexibility index (Phi) is 5.68. The average Bonchev–Trinajstić information content (AvgIpc) is 3.36. The lowest BCUT2D eigenvalue weighted by molar-refractivity contribution is -0.132. The number of nitrogens with one attached hydrogen (secondary N) is 1. The van der Waals surface area contributed by atoms with Gasteiger partial charge in [-0.25, -0.2) is 19.9 Å². The van der Waals surface area contributed by atoms with Crippen LogP contribution < -0.4 is 5.73 Å². The number of β-amino-alcohol motifs (C(OH)–C–C–N with tert-alkyl or cyclic N) is 1. The number of aliphatic hydroxyl groups excluding tert-OH is 1. The zero-order valence-corrected chi connectivity index (χ0v) is 20.1. The molecule has 1 aliphatic heterocycles. The van der Waals surface area contributed by atoms with Crippen molar-refractivity contribution in [1.29, 1.82) is 0 Å². The molecule has 35 heavy (non-hydrogen) atoms. The van der Waals surface area contributed by atoms with Gasteiger partial charge in [0.2, 0.25) is 5.91 Å². The van der Waals surface area contributed by atoms with E-state index < -0.39 is 17.7 Å². The summed E-state index contributed by atoms with van der Waals surface area (Å²) in [5, 5.41) is 21.9. The van der Waals surface area contributed by atoms with Crippen LogP contribution in [0, 0.1) is 13.8 Å². The van der Waals surface area contributed by atoms with Crippen LogP contribution in [0.3, 0.4) is 0 Å². The summed E-state index contributed by atoms with van der Waals surface area (Å²) in [6, 6.07) is 3.52. The minimum atomic E-state index is -1.31. The second-order valence-corrected chi connectivity index (χ2v) is 9.75. The third kappa shape index (κ3) is 4.32. The van der Waals surface area contributed by atoms with E-state index in [-0.39, 0.29) is 37.7 Å². The van der Waals surface area contributed by atoms with Gasteiger partial charge in [-0.05, 0) is 44.0 Å². The van der Waals surface area contributed by atoms with Crippen molar-refractivity contribution in [2.24, 2.45) is 0 Å². The summed E-state index contributed by atoms with van der Waals surface area (Å²) in [5.74, 6) is 0.856. The normalized spacial score (nSPS) is 23.2. The number of carbonyl (C=O) groups is 1. The smallest absolute Gasteiger partial charge is 0.223 e. The van der Waals surface area contributed by atoms with Crippen molar-refractivity contribution in [3.63, 3.8) is 0 Å². The number of amides is 1. The van der Waals surface area contributed by atoms with Gasteiger partial charge >= 0.3 is 0 Å². The molecule has 1 aromatic carbocycles. The summed E-state index contributed by atoms with van der Waals surface area (Å²) >= 11 is 0. The quantitative estimate of drug-likeness (QED) is 0.343. The van der Waals surface area contributed by atoms with Gasteiger partial charge in [0.1, 0.15) is 17.7 Å². The van der Waals surface area contributed by atoms with Gasteiger partial charge in [0.05, 0.1) is 35.1 Å². The minimum absolute atomic E-state index is 0.101. The fourth-order valence-corrected chi connectivity index (χ4v) is 4.93. The number of rotatable bonds is 4. The van der Waals surface area contributed by atoms with Crippen LogP contribution >= 0.6 is 0 Å². The third-order valence-electron chi connectivity index (χ3n) is 6.99. The van der Waals surface area contributed by atoms with Crippen LogP contribution in [0.4, 0.5) is 5.82 Å². The van der Waals surface area contributed by atoms with Gasteiger partial charge in [-0.3, -0.25) is 4.79 Å². The number of benzene rings is 1. The number of anilines is 1. The number of likely N-dealkylation sites (tertiary alicyclic amines) is 1. The first-order valence-corrected chi connectivity index (χ1v) is 11.7. The Morgan fingerprint density at radius 2 is 2.00 bits per heavy atom. The molecule has 0 radical (unpaired) electrons. The van der Waals surface area contributed by atoms with E-state index in [1.165, 1.54) is 17.5 Å². The zero-order valence-electron chi connectivity index (χ0n) is 20.1. The maximum absolute atomic E-state index is 13.3. The SMILES string of the molecule is Cc1cc2nc(CCC(=O)N3C[C@@H](O)C[C@@](C)(O)[C@H](n4cnc5c(N)ncnc54)C3)[nH]c2cc1C. The second kappa shape index (κ2) is 8.58. The molecule has 0 saturated carbocycles. The molecule has 0 unspecified atom stereocenters. The Balaban J connectivity index is 1.37. The molecule has 1 fully saturated rings. The van der Waals surface area contributed by atoms with E-state index in [0.717, 1.165) is 16.9 Å². The Morgan fingerprint density at radius 1 is 1.23 bits per heavy atom. The van der Waals surface area contributed by atoms with Crippen LogP contribution in [0.15, 0.2) is 24.8 Å². The van der Waals surface area contributed by atoms with E-state index in [4.69, 9.17) is 5.73 Å². The number of aliphatic hydroxyl groups is 2. The van der Waals surface area contributed by atoms with Gasteiger partial charge < -0.3 is 30.4 Å². The highest BCUT2D eigenvalue weighted by Gasteiger charge is 2.42. The molecule has 1 saturated heterocycles. The highest BCUT2D eigenvalue weighted by atomic mass is 16.3. The van der Waals surface area contributed by atoms with Crippen molar-refractivity contribution in [1.82, 2.24) is 34.4 Å². The van der Waals surface area contributed by atoms with E-state index in [2.05, 4.69) is 37.9 Å². The first-order valence-electron chi connectivity index (χ1n) is 11.7. The highest BCUT2D eigenvalue weighted by molar-refractivity contribution is 5.81. The summed E-state index contributed by atoms with van der Waals surface area (Å²) in [6.07, 6.45) is 2.79. The first kappa shape index (κ1) is 23.2. The highest BCUT2D eigenvalue weighted by Crippen LogP contribution is 2.34. The van der Waals surface area contributed by atoms with Crippen molar-refractivity contribution in [2.75, 3.05) is 18.8 Å². The van der Waals surface area contributed by atoms with Gasteiger partial charge in [-0.2, -0.15) is 0 Å². The fourth-order valence-electron chi connectivity index (χ4n) is 4.93. The molecule has 5 N–H and O–H groups in total. The lowest BCUT2D eigenvalue weighted by Crippen LogP contribution is -2.42.